The molecule has 0 bridgehead atoms. The minimum atomic E-state index is -0.712. The third-order valence-corrected chi connectivity index (χ3v) is 5.98. The summed E-state index contributed by atoms with van der Waals surface area (Å²) in [5, 5.41) is 7.54. The predicted octanol–water partition coefficient (Wildman–Crippen LogP) is 3.44. The molecule has 4 rings (SSSR count). The van der Waals surface area contributed by atoms with Crippen LogP contribution in [0, 0.1) is 6.92 Å². The summed E-state index contributed by atoms with van der Waals surface area (Å²) in [5.41, 5.74) is 2.59. The third-order valence-electron chi connectivity index (χ3n) is 5.98. The number of nitrogens with zero attached hydrogens (tertiary/aromatic N) is 3. The first-order valence-corrected chi connectivity index (χ1v) is 11.4. The van der Waals surface area contributed by atoms with E-state index < -0.39 is 6.04 Å². The van der Waals surface area contributed by atoms with Gasteiger partial charge in [0.15, 0.2) is 17.1 Å². The summed E-state index contributed by atoms with van der Waals surface area (Å²) < 4.78 is 19.5. The van der Waals surface area contributed by atoms with E-state index in [9.17, 15) is 9.59 Å². The number of amides is 1. The van der Waals surface area contributed by atoms with Crippen molar-refractivity contribution in [1.82, 2.24) is 19.5 Å². The Morgan fingerprint density at radius 2 is 1.88 bits per heavy atom. The molecule has 0 aliphatic rings. The van der Waals surface area contributed by atoms with Crippen molar-refractivity contribution >= 4 is 22.5 Å². The predicted molar refractivity (Wildman–Crippen MR) is 129 cm³/mol. The van der Waals surface area contributed by atoms with Gasteiger partial charge in [-0.15, -0.1) is 0 Å². The lowest BCUT2D eigenvalue weighted by Gasteiger charge is -2.18. The van der Waals surface area contributed by atoms with E-state index in [4.69, 9.17) is 13.9 Å². The van der Waals surface area contributed by atoms with Crippen molar-refractivity contribution in [1.29, 1.82) is 0 Å². The second kappa shape index (κ2) is 9.62. The first kappa shape index (κ1) is 23.4. The van der Waals surface area contributed by atoms with Gasteiger partial charge in [-0.25, -0.2) is 4.68 Å². The first-order valence-electron chi connectivity index (χ1n) is 11.4. The van der Waals surface area contributed by atoms with Crippen LogP contribution in [-0.4, -0.2) is 40.9 Å². The topological polar surface area (TPSA) is 100 Å². The van der Waals surface area contributed by atoms with E-state index >= 15 is 0 Å². The Hall–Kier alpha value is -3.75. The zero-order valence-corrected chi connectivity index (χ0v) is 20.2. The minimum absolute atomic E-state index is 0.241. The number of hydrogen-bond acceptors (Lipinski definition) is 6. The maximum Gasteiger partial charge on any atom is 0.291 e. The molecule has 1 atom stereocenters. The van der Waals surface area contributed by atoms with E-state index in [2.05, 4.69) is 10.4 Å². The van der Waals surface area contributed by atoms with E-state index in [1.165, 1.54) is 4.68 Å². The van der Waals surface area contributed by atoms with Gasteiger partial charge in [0, 0.05) is 25.1 Å². The number of carbonyl (C=O) groups excluding carboxylic acids is 1. The number of benzene rings is 1. The number of rotatable bonds is 9. The van der Waals surface area contributed by atoms with Crippen LogP contribution in [-0.2, 0) is 17.6 Å². The molecule has 3 heterocycles. The second-order valence-electron chi connectivity index (χ2n) is 8.15. The average Bonchev–Trinajstić information content (AvgIpc) is 3.37. The molecule has 1 N–H and O–H groups in total. The standard InChI is InChI=1S/C25H30N4O5/c1-6-17(24(30)26-11-10-16-8-9-20(32-4)22(13-16)33-5)29-25(31)19-14-21-18(12-15(3)34-21)28(19)23(7-2)27-29/h8-9,12-14,17H,6-7,10-11H2,1-5H3,(H,26,30)/t17-/m1/s1. The Kier molecular flexibility index (Phi) is 6.63. The van der Waals surface area contributed by atoms with Gasteiger partial charge in [0.25, 0.3) is 5.56 Å². The monoisotopic (exact) mass is 466 g/mol. The molecule has 9 nitrogen and oxygen atoms in total. The number of ether oxygens (including phenoxy) is 2. The van der Waals surface area contributed by atoms with Crippen LogP contribution in [0.4, 0.5) is 0 Å². The SMILES string of the molecule is CCc1nn([C@H](CC)C(=O)NCCc2ccc(OC)c(OC)c2)c(=O)c2cc3oc(C)cc3n12. The smallest absolute Gasteiger partial charge is 0.291 e. The van der Waals surface area contributed by atoms with Crippen molar-refractivity contribution in [3.63, 3.8) is 0 Å². The van der Waals surface area contributed by atoms with Crippen LogP contribution in [0.5, 0.6) is 11.5 Å². The Bertz CT molecular complexity index is 1400. The van der Waals surface area contributed by atoms with Crippen molar-refractivity contribution in [2.75, 3.05) is 20.8 Å². The zero-order valence-electron chi connectivity index (χ0n) is 20.2. The molecular weight excluding hydrogens is 436 g/mol. The third kappa shape index (κ3) is 4.13. The lowest BCUT2D eigenvalue weighted by Crippen LogP contribution is -2.40. The van der Waals surface area contributed by atoms with Gasteiger partial charge in [0.2, 0.25) is 5.91 Å². The number of aromatic nitrogens is 3. The van der Waals surface area contributed by atoms with Gasteiger partial charge in [-0.1, -0.05) is 19.9 Å². The van der Waals surface area contributed by atoms with E-state index in [1.54, 1.807) is 20.3 Å². The molecule has 34 heavy (non-hydrogen) atoms. The molecule has 9 heteroatoms. The maximum absolute atomic E-state index is 13.3. The lowest BCUT2D eigenvalue weighted by molar-refractivity contribution is -0.124. The van der Waals surface area contributed by atoms with Gasteiger partial charge in [-0.3, -0.25) is 14.0 Å². The zero-order chi connectivity index (χ0) is 24.4. The number of fused-ring (bicyclic) bond motifs is 3. The molecule has 0 saturated heterocycles. The molecule has 0 unspecified atom stereocenters. The number of furan rings is 1. The van der Waals surface area contributed by atoms with Crippen LogP contribution in [0.25, 0.3) is 16.6 Å². The van der Waals surface area contributed by atoms with Gasteiger partial charge in [-0.05, 0) is 37.5 Å². The summed E-state index contributed by atoms with van der Waals surface area (Å²) >= 11 is 0. The minimum Gasteiger partial charge on any atom is -0.493 e. The molecule has 0 spiro atoms. The van der Waals surface area contributed by atoms with Crippen LogP contribution in [0.1, 0.15) is 43.5 Å². The molecule has 1 aromatic carbocycles. The quantitative estimate of drug-likeness (QED) is 0.406. The van der Waals surface area contributed by atoms with Gasteiger partial charge in [0.05, 0.1) is 19.7 Å². The highest BCUT2D eigenvalue weighted by Gasteiger charge is 2.24. The summed E-state index contributed by atoms with van der Waals surface area (Å²) in [6.45, 7) is 6.13. The lowest BCUT2D eigenvalue weighted by atomic mass is 10.1. The van der Waals surface area contributed by atoms with Crippen LogP contribution in [0.2, 0.25) is 0 Å². The highest BCUT2D eigenvalue weighted by molar-refractivity contribution is 5.84. The fraction of sp³-hybridized carbons (Fsp3) is 0.400. The van der Waals surface area contributed by atoms with Crippen LogP contribution in [0.3, 0.4) is 0 Å². The van der Waals surface area contributed by atoms with E-state index in [0.717, 1.165) is 16.8 Å². The Morgan fingerprint density at radius 3 is 2.56 bits per heavy atom. The normalized spacial score (nSPS) is 12.3. The number of carbonyl (C=O) groups is 1. The van der Waals surface area contributed by atoms with Crippen molar-refractivity contribution in [2.24, 2.45) is 0 Å². The molecular formula is C25H30N4O5. The van der Waals surface area contributed by atoms with Gasteiger partial charge < -0.3 is 19.2 Å². The van der Waals surface area contributed by atoms with Crippen molar-refractivity contribution in [2.45, 2.75) is 46.1 Å². The highest BCUT2D eigenvalue weighted by atomic mass is 16.5. The highest BCUT2D eigenvalue weighted by Crippen LogP contribution is 2.27. The first-order chi connectivity index (χ1) is 16.4. The van der Waals surface area contributed by atoms with E-state index in [0.29, 0.717) is 54.2 Å². The summed E-state index contributed by atoms with van der Waals surface area (Å²) in [7, 11) is 3.18. The van der Waals surface area contributed by atoms with Crippen molar-refractivity contribution < 1.29 is 18.7 Å². The fourth-order valence-corrected chi connectivity index (χ4v) is 4.28. The molecule has 0 saturated carbocycles. The van der Waals surface area contributed by atoms with Gasteiger partial charge in [-0.2, -0.15) is 5.10 Å². The number of methoxy groups -OCH3 is 2. The number of nitrogens with one attached hydrogen (secondary N) is 1. The molecule has 0 aliphatic heterocycles. The van der Waals surface area contributed by atoms with Crippen molar-refractivity contribution in [3.05, 3.63) is 57.8 Å². The average molecular weight is 467 g/mol. The van der Waals surface area contributed by atoms with Crippen LogP contribution >= 0.6 is 0 Å². The number of aryl methyl sites for hydroxylation is 2. The van der Waals surface area contributed by atoms with Crippen molar-refractivity contribution in [3.8, 4) is 11.5 Å². The molecule has 1 amide bonds. The summed E-state index contributed by atoms with van der Waals surface area (Å²) in [5.74, 6) is 2.52. The molecule has 4 aromatic rings. The summed E-state index contributed by atoms with van der Waals surface area (Å²) in [6.07, 6.45) is 1.64. The van der Waals surface area contributed by atoms with E-state index in [1.807, 2.05) is 49.4 Å². The Morgan fingerprint density at radius 1 is 1.12 bits per heavy atom. The summed E-state index contributed by atoms with van der Waals surface area (Å²) in [6, 6.07) is 8.57. The number of hydrogen-bond donors (Lipinski definition) is 1. The van der Waals surface area contributed by atoms with Gasteiger partial charge >= 0.3 is 0 Å². The summed E-state index contributed by atoms with van der Waals surface area (Å²) in [4.78, 5) is 26.4. The maximum atomic E-state index is 13.3. The van der Waals surface area contributed by atoms with Crippen LogP contribution < -0.4 is 20.3 Å². The largest absolute Gasteiger partial charge is 0.493 e. The van der Waals surface area contributed by atoms with Gasteiger partial charge in [0.1, 0.15) is 23.1 Å². The molecule has 0 aliphatic carbocycles. The fourth-order valence-electron chi connectivity index (χ4n) is 4.28. The molecule has 180 valence electrons. The Labute approximate surface area is 197 Å². The molecule has 0 fully saturated rings. The molecule has 0 radical (unpaired) electrons. The van der Waals surface area contributed by atoms with E-state index in [-0.39, 0.29) is 11.5 Å². The second-order valence-corrected chi connectivity index (χ2v) is 8.15. The van der Waals surface area contributed by atoms with Crippen LogP contribution in [0.15, 0.2) is 39.5 Å². The molecule has 3 aromatic heterocycles. The Balaban J connectivity index is 1.57.